The summed E-state index contributed by atoms with van der Waals surface area (Å²) in [4.78, 5) is 11.9. The zero-order chi connectivity index (χ0) is 16.1. The van der Waals surface area contributed by atoms with Crippen LogP contribution >= 0.6 is 12.4 Å². The maximum Gasteiger partial charge on any atom is 0.250 e. The van der Waals surface area contributed by atoms with Crippen molar-refractivity contribution in [1.82, 2.24) is 5.32 Å². The van der Waals surface area contributed by atoms with Gasteiger partial charge in [0.2, 0.25) is 5.91 Å². The Morgan fingerprint density at radius 3 is 2.79 bits per heavy atom. The fourth-order valence-electron chi connectivity index (χ4n) is 2.65. The first-order valence-electron chi connectivity index (χ1n) is 7.66. The average Bonchev–Trinajstić information content (AvgIpc) is 2.59. The van der Waals surface area contributed by atoms with Crippen molar-refractivity contribution in [1.29, 1.82) is 0 Å². The Labute approximate surface area is 146 Å². The van der Waals surface area contributed by atoms with Crippen LogP contribution in [-0.4, -0.2) is 19.1 Å². The first-order chi connectivity index (χ1) is 11.2. The predicted molar refractivity (Wildman–Crippen MR) is 93.8 cm³/mol. The van der Waals surface area contributed by atoms with Crippen molar-refractivity contribution >= 4 is 24.0 Å². The van der Waals surface area contributed by atoms with Crippen molar-refractivity contribution < 1.29 is 13.9 Å². The molecule has 0 saturated carbocycles. The maximum absolute atomic E-state index is 14.4. The van der Waals surface area contributed by atoms with Gasteiger partial charge in [-0.25, -0.2) is 4.39 Å². The fraction of sp³-hybridized carbons (Fsp3) is 0.278. The third kappa shape index (κ3) is 4.54. The lowest BCUT2D eigenvalue weighted by Gasteiger charge is -2.19. The minimum absolute atomic E-state index is 0. The summed E-state index contributed by atoms with van der Waals surface area (Å²) in [6, 6.07) is 13.1. The molecule has 2 aromatic rings. The molecule has 2 N–H and O–H groups in total. The van der Waals surface area contributed by atoms with E-state index in [0.29, 0.717) is 25.1 Å². The Morgan fingerprint density at radius 2 is 2.00 bits per heavy atom. The molecular weight excluding hydrogens is 331 g/mol. The van der Waals surface area contributed by atoms with Crippen LogP contribution in [0.15, 0.2) is 42.5 Å². The normalized spacial score (nSPS) is 12.9. The second-order valence-corrected chi connectivity index (χ2v) is 5.52. The highest BCUT2D eigenvalue weighted by Gasteiger charge is 2.17. The van der Waals surface area contributed by atoms with Crippen LogP contribution in [0.1, 0.15) is 16.7 Å². The lowest BCUT2D eigenvalue weighted by molar-refractivity contribution is -0.121. The monoisotopic (exact) mass is 350 g/mol. The van der Waals surface area contributed by atoms with Crippen LogP contribution in [0, 0.1) is 5.82 Å². The molecule has 6 heteroatoms. The van der Waals surface area contributed by atoms with E-state index < -0.39 is 0 Å². The number of hydrogen-bond acceptors (Lipinski definition) is 3. The van der Waals surface area contributed by atoms with Crippen LogP contribution in [0.4, 0.5) is 10.1 Å². The summed E-state index contributed by atoms with van der Waals surface area (Å²) in [5.41, 5.74) is 2.85. The summed E-state index contributed by atoms with van der Waals surface area (Å²) in [5, 5.41) is 5.79. The van der Waals surface area contributed by atoms with Crippen LogP contribution in [0.25, 0.3) is 0 Å². The zero-order valence-electron chi connectivity index (χ0n) is 13.2. The van der Waals surface area contributed by atoms with Crippen molar-refractivity contribution in [2.45, 2.75) is 19.6 Å². The van der Waals surface area contributed by atoms with Crippen molar-refractivity contribution in [3.63, 3.8) is 0 Å². The molecule has 0 spiro atoms. The molecule has 0 atom stereocenters. The molecule has 4 nitrogen and oxygen atoms in total. The van der Waals surface area contributed by atoms with Crippen LogP contribution < -0.4 is 10.6 Å². The number of carbonyl (C=O) groups is 1. The number of amides is 1. The molecule has 0 aliphatic carbocycles. The molecule has 0 saturated heterocycles. The van der Waals surface area contributed by atoms with E-state index in [1.807, 2.05) is 36.4 Å². The smallest absolute Gasteiger partial charge is 0.250 e. The second-order valence-electron chi connectivity index (χ2n) is 5.52. The fourth-order valence-corrected chi connectivity index (χ4v) is 2.65. The summed E-state index contributed by atoms with van der Waals surface area (Å²) < 4.78 is 19.8. The standard InChI is InChI=1S/C18H19FN2O2.ClH/c19-18-15-8-9-20-10-14(15)6-7-16(18)21-17(22)12-23-11-13-4-2-1-3-5-13;/h1-7,20H,8-12H2,(H,21,22);1H. The number of halogens is 2. The number of nitrogens with one attached hydrogen (secondary N) is 2. The number of hydrogen-bond donors (Lipinski definition) is 2. The summed E-state index contributed by atoms with van der Waals surface area (Å²) >= 11 is 0. The zero-order valence-corrected chi connectivity index (χ0v) is 14.0. The molecule has 2 aromatic carbocycles. The van der Waals surface area contributed by atoms with Gasteiger partial charge in [0, 0.05) is 6.54 Å². The van der Waals surface area contributed by atoms with E-state index in [9.17, 15) is 9.18 Å². The SMILES string of the molecule is Cl.O=C(COCc1ccccc1)Nc1ccc2c(c1F)CCNC2. The van der Waals surface area contributed by atoms with Gasteiger partial charge in [-0.1, -0.05) is 36.4 Å². The van der Waals surface area contributed by atoms with Gasteiger partial charge in [-0.3, -0.25) is 4.79 Å². The van der Waals surface area contributed by atoms with Crippen LogP contribution in [-0.2, 0) is 29.1 Å². The highest BCUT2D eigenvalue weighted by atomic mass is 35.5. The number of ether oxygens (including phenoxy) is 1. The van der Waals surface area contributed by atoms with E-state index in [-0.39, 0.29) is 36.4 Å². The molecule has 128 valence electrons. The van der Waals surface area contributed by atoms with Gasteiger partial charge in [-0.15, -0.1) is 12.4 Å². The molecule has 1 heterocycles. The summed E-state index contributed by atoms with van der Waals surface area (Å²) in [6.07, 6.45) is 0.634. The average molecular weight is 351 g/mol. The van der Waals surface area contributed by atoms with E-state index >= 15 is 0 Å². The van der Waals surface area contributed by atoms with E-state index in [1.165, 1.54) is 0 Å². The summed E-state index contributed by atoms with van der Waals surface area (Å²) in [6.45, 7) is 1.67. The number of rotatable bonds is 5. The van der Waals surface area contributed by atoms with Gasteiger partial charge in [0.05, 0.1) is 12.3 Å². The van der Waals surface area contributed by atoms with Gasteiger partial charge in [0.25, 0.3) is 0 Å². The maximum atomic E-state index is 14.4. The third-order valence-electron chi connectivity index (χ3n) is 3.83. The van der Waals surface area contributed by atoms with Crippen LogP contribution in [0.5, 0.6) is 0 Å². The highest BCUT2D eigenvalue weighted by molar-refractivity contribution is 5.92. The van der Waals surface area contributed by atoms with E-state index in [0.717, 1.165) is 17.7 Å². The Kier molecular flexibility index (Phi) is 6.73. The van der Waals surface area contributed by atoms with Crippen molar-refractivity contribution in [2.24, 2.45) is 0 Å². The molecule has 1 aliphatic rings. The quantitative estimate of drug-likeness (QED) is 0.871. The van der Waals surface area contributed by atoms with Gasteiger partial charge in [0.15, 0.2) is 0 Å². The Morgan fingerprint density at radius 1 is 1.21 bits per heavy atom. The first-order valence-corrected chi connectivity index (χ1v) is 7.66. The molecule has 24 heavy (non-hydrogen) atoms. The topological polar surface area (TPSA) is 50.4 Å². The molecule has 0 fully saturated rings. The van der Waals surface area contributed by atoms with Crippen LogP contribution in [0.3, 0.4) is 0 Å². The molecule has 1 aliphatic heterocycles. The number of benzene rings is 2. The molecule has 0 aromatic heterocycles. The Balaban J connectivity index is 0.00000208. The largest absolute Gasteiger partial charge is 0.367 e. The van der Waals surface area contributed by atoms with Crippen LogP contribution in [0.2, 0.25) is 0 Å². The molecule has 0 bridgehead atoms. The lowest BCUT2D eigenvalue weighted by Crippen LogP contribution is -2.25. The summed E-state index contributed by atoms with van der Waals surface area (Å²) in [7, 11) is 0. The first kappa shape index (κ1) is 18.4. The Bertz CT molecular complexity index is 695. The number of anilines is 1. The molecule has 1 amide bonds. The molecular formula is C18H20ClFN2O2. The molecule has 3 rings (SSSR count). The van der Waals surface area contributed by atoms with Gasteiger partial charge in [-0.2, -0.15) is 0 Å². The van der Waals surface area contributed by atoms with Crippen molar-refractivity contribution in [3.05, 3.63) is 65.0 Å². The van der Waals surface area contributed by atoms with Crippen molar-refractivity contribution in [3.8, 4) is 0 Å². The van der Waals surface area contributed by atoms with E-state index in [4.69, 9.17) is 4.74 Å². The molecule has 0 unspecified atom stereocenters. The highest BCUT2D eigenvalue weighted by Crippen LogP contribution is 2.24. The van der Waals surface area contributed by atoms with Gasteiger partial charge in [-0.05, 0) is 35.7 Å². The number of carbonyl (C=O) groups excluding carboxylic acids is 1. The van der Waals surface area contributed by atoms with E-state index in [1.54, 1.807) is 6.07 Å². The summed E-state index contributed by atoms with van der Waals surface area (Å²) in [5.74, 6) is -0.686. The lowest BCUT2D eigenvalue weighted by atomic mass is 9.99. The van der Waals surface area contributed by atoms with Crippen molar-refractivity contribution in [2.75, 3.05) is 18.5 Å². The van der Waals surface area contributed by atoms with Gasteiger partial charge in [0.1, 0.15) is 12.4 Å². The van der Waals surface area contributed by atoms with E-state index in [2.05, 4.69) is 10.6 Å². The minimum Gasteiger partial charge on any atom is -0.367 e. The third-order valence-corrected chi connectivity index (χ3v) is 3.83. The predicted octanol–water partition coefficient (Wildman–Crippen LogP) is 3.05. The minimum atomic E-state index is -0.353. The van der Waals surface area contributed by atoms with Gasteiger partial charge < -0.3 is 15.4 Å². The van der Waals surface area contributed by atoms with Gasteiger partial charge >= 0.3 is 0 Å². The molecule has 0 radical (unpaired) electrons. The number of fused-ring (bicyclic) bond motifs is 1. The Hall–Kier alpha value is -1.95. The second kappa shape index (κ2) is 8.78.